The van der Waals surface area contributed by atoms with Crippen LogP contribution in [-0.2, 0) is 0 Å². The van der Waals surface area contributed by atoms with Crippen LogP contribution in [0.25, 0.3) is 0 Å². The average Bonchev–Trinajstić information content (AvgIpc) is 2.36. The summed E-state index contributed by atoms with van der Waals surface area (Å²) in [4.78, 5) is 11.6. The fraction of sp³-hybridized carbons (Fsp3) is 0.500. The molecule has 0 saturated carbocycles. The molecule has 0 aliphatic carbocycles. The molecule has 5 heteroatoms. The number of benzene rings is 1. The first-order chi connectivity index (χ1) is 9.01. The van der Waals surface area contributed by atoms with E-state index in [1.807, 2.05) is 13.8 Å². The summed E-state index contributed by atoms with van der Waals surface area (Å²) in [5, 5.41) is 15.0. The molecule has 0 aliphatic rings. The minimum absolute atomic E-state index is 0.244. The molecule has 1 atom stereocenters. The first-order valence-electron chi connectivity index (χ1n) is 6.38. The number of nitrogens with one attached hydrogen (secondary N) is 2. The Morgan fingerprint density at radius 3 is 2.79 bits per heavy atom. The zero-order valence-corrected chi connectivity index (χ0v) is 11.6. The van der Waals surface area contributed by atoms with Gasteiger partial charge in [0.05, 0.1) is 13.2 Å². The molecule has 0 saturated heterocycles. The van der Waals surface area contributed by atoms with Crippen molar-refractivity contribution >= 4 is 11.7 Å². The lowest BCUT2D eigenvalue weighted by Crippen LogP contribution is -2.35. The van der Waals surface area contributed by atoms with Gasteiger partial charge in [0.15, 0.2) is 0 Å². The van der Waals surface area contributed by atoms with Gasteiger partial charge in [-0.05, 0) is 24.5 Å². The van der Waals surface area contributed by atoms with Crippen molar-refractivity contribution < 1.29 is 14.6 Å². The molecule has 2 amide bonds. The van der Waals surface area contributed by atoms with Crippen molar-refractivity contribution in [3.8, 4) is 5.75 Å². The molecular weight excluding hydrogens is 244 g/mol. The molecule has 0 aromatic heterocycles. The van der Waals surface area contributed by atoms with Gasteiger partial charge in [-0.25, -0.2) is 4.79 Å². The van der Waals surface area contributed by atoms with E-state index in [4.69, 9.17) is 4.74 Å². The third-order valence-electron chi connectivity index (χ3n) is 2.57. The lowest BCUT2D eigenvalue weighted by molar-refractivity contribution is 0.148. The van der Waals surface area contributed by atoms with E-state index in [9.17, 15) is 9.90 Å². The Kier molecular flexibility index (Phi) is 6.15. The predicted octanol–water partition coefficient (Wildman–Crippen LogP) is 2.22. The van der Waals surface area contributed by atoms with Crippen LogP contribution in [-0.4, -0.2) is 30.9 Å². The van der Waals surface area contributed by atoms with E-state index in [1.54, 1.807) is 31.4 Å². The van der Waals surface area contributed by atoms with Crippen LogP contribution < -0.4 is 15.4 Å². The lowest BCUT2D eigenvalue weighted by atomic mass is 10.1. The Balaban J connectivity index is 2.38. The predicted molar refractivity (Wildman–Crippen MR) is 75.5 cm³/mol. The van der Waals surface area contributed by atoms with E-state index >= 15 is 0 Å². The first-order valence-corrected chi connectivity index (χ1v) is 6.38. The van der Waals surface area contributed by atoms with Crippen molar-refractivity contribution in [2.75, 3.05) is 19.0 Å². The van der Waals surface area contributed by atoms with Crippen LogP contribution >= 0.6 is 0 Å². The Bertz CT molecular complexity index is 407. The van der Waals surface area contributed by atoms with E-state index in [0.29, 0.717) is 23.8 Å². The number of aliphatic hydroxyl groups excluding tert-OH is 1. The normalized spacial score (nSPS) is 12.1. The van der Waals surface area contributed by atoms with Crippen LogP contribution in [0.15, 0.2) is 24.3 Å². The third-order valence-corrected chi connectivity index (χ3v) is 2.57. The van der Waals surface area contributed by atoms with Crippen molar-refractivity contribution in [2.24, 2.45) is 5.92 Å². The number of amides is 2. The molecule has 0 heterocycles. The van der Waals surface area contributed by atoms with E-state index in [2.05, 4.69) is 10.6 Å². The van der Waals surface area contributed by atoms with Crippen LogP contribution in [0, 0.1) is 5.92 Å². The lowest BCUT2D eigenvalue weighted by Gasteiger charge is -2.14. The van der Waals surface area contributed by atoms with Gasteiger partial charge in [0, 0.05) is 18.3 Å². The molecule has 0 radical (unpaired) electrons. The molecule has 1 aromatic carbocycles. The Morgan fingerprint density at radius 1 is 1.42 bits per heavy atom. The minimum Gasteiger partial charge on any atom is -0.497 e. The molecule has 0 fully saturated rings. The molecule has 0 bridgehead atoms. The van der Waals surface area contributed by atoms with E-state index in [1.165, 1.54) is 0 Å². The smallest absolute Gasteiger partial charge is 0.319 e. The van der Waals surface area contributed by atoms with Gasteiger partial charge >= 0.3 is 6.03 Å². The fourth-order valence-corrected chi connectivity index (χ4v) is 1.71. The Hall–Kier alpha value is -1.75. The van der Waals surface area contributed by atoms with Gasteiger partial charge < -0.3 is 20.5 Å². The van der Waals surface area contributed by atoms with Crippen molar-refractivity contribution in [2.45, 2.75) is 26.4 Å². The number of methoxy groups -OCH3 is 1. The first kappa shape index (κ1) is 15.3. The molecule has 106 valence electrons. The van der Waals surface area contributed by atoms with Crippen molar-refractivity contribution in [1.29, 1.82) is 0 Å². The maximum absolute atomic E-state index is 11.6. The molecule has 0 spiro atoms. The highest BCUT2D eigenvalue weighted by atomic mass is 16.5. The second-order valence-corrected chi connectivity index (χ2v) is 4.85. The number of rotatable bonds is 6. The van der Waals surface area contributed by atoms with E-state index in [-0.39, 0.29) is 12.6 Å². The van der Waals surface area contributed by atoms with Crippen LogP contribution in [0.2, 0.25) is 0 Å². The fourth-order valence-electron chi connectivity index (χ4n) is 1.71. The van der Waals surface area contributed by atoms with Gasteiger partial charge in [-0.1, -0.05) is 19.9 Å². The van der Waals surface area contributed by atoms with Crippen LogP contribution in [0.5, 0.6) is 5.75 Å². The summed E-state index contributed by atoms with van der Waals surface area (Å²) >= 11 is 0. The average molecular weight is 266 g/mol. The number of urea groups is 1. The van der Waals surface area contributed by atoms with E-state index in [0.717, 1.165) is 0 Å². The SMILES string of the molecule is COc1cccc(NC(=O)NC[C@@H](O)CC(C)C)c1. The largest absolute Gasteiger partial charge is 0.497 e. The zero-order valence-electron chi connectivity index (χ0n) is 11.6. The molecule has 1 rings (SSSR count). The van der Waals surface area contributed by atoms with E-state index < -0.39 is 6.10 Å². The highest BCUT2D eigenvalue weighted by molar-refractivity contribution is 5.89. The summed E-state index contributed by atoms with van der Waals surface area (Å²) in [6.45, 7) is 4.30. The third kappa shape index (κ3) is 6.10. The number of aliphatic hydroxyl groups is 1. The Labute approximate surface area is 114 Å². The standard InChI is InChI=1S/C14H22N2O3/c1-10(2)7-12(17)9-15-14(18)16-11-5-4-6-13(8-11)19-3/h4-6,8,10,12,17H,7,9H2,1-3H3,(H2,15,16,18)/t12-/m0/s1. The molecule has 1 aromatic rings. The summed E-state index contributed by atoms with van der Waals surface area (Å²) in [6, 6.07) is 6.75. The summed E-state index contributed by atoms with van der Waals surface area (Å²) in [7, 11) is 1.57. The van der Waals surface area contributed by atoms with Gasteiger partial charge in [-0.2, -0.15) is 0 Å². The number of carbonyl (C=O) groups is 1. The number of hydrogen-bond acceptors (Lipinski definition) is 3. The molecular formula is C14H22N2O3. The quantitative estimate of drug-likeness (QED) is 0.739. The van der Waals surface area contributed by atoms with Crippen LogP contribution in [0.1, 0.15) is 20.3 Å². The molecule has 19 heavy (non-hydrogen) atoms. The second-order valence-electron chi connectivity index (χ2n) is 4.85. The maximum atomic E-state index is 11.6. The van der Waals surface area contributed by atoms with Gasteiger partial charge in [-0.15, -0.1) is 0 Å². The number of hydrogen-bond donors (Lipinski definition) is 3. The monoisotopic (exact) mass is 266 g/mol. The highest BCUT2D eigenvalue weighted by Gasteiger charge is 2.09. The highest BCUT2D eigenvalue weighted by Crippen LogP contribution is 2.16. The number of anilines is 1. The summed E-state index contributed by atoms with van der Waals surface area (Å²) in [6.07, 6.45) is 0.149. The van der Waals surface area contributed by atoms with Gasteiger partial charge in [0.2, 0.25) is 0 Å². The molecule has 5 nitrogen and oxygen atoms in total. The van der Waals surface area contributed by atoms with Crippen molar-refractivity contribution in [3.63, 3.8) is 0 Å². The molecule has 0 aliphatic heterocycles. The number of ether oxygens (including phenoxy) is 1. The molecule has 3 N–H and O–H groups in total. The summed E-state index contributed by atoms with van der Waals surface area (Å²) in [5.74, 6) is 1.08. The summed E-state index contributed by atoms with van der Waals surface area (Å²) in [5.41, 5.74) is 0.648. The maximum Gasteiger partial charge on any atom is 0.319 e. The van der Waals surface area contributed by atoms with Gasteiger partial charge in [0.1, 0.15) is 5.75 Å². The van der Waals surface area contributed by atoms with Crippen molar-refractivity contribution in [3.05, 3.63) is 24.3 Å². The number of carbonyl (C=O) groups excluding carboxylic acids is 1. The zero-order chi connectivity index (χ0) is 14.3. The van der Waals surface area contributed by atoms with Crippen LogP contribution in [0.4, 0.5) is 10.5 Å². The van der Waals surface area contributed by atoms with Gasteiger partial charge in [0.25, 0.3) is 0 Å². The molecule has 0 unspecified atom stereocenters. The van der Waals surface area contributed by atoms with Crippen LogP contribution in [0.3, 0.4) is 0 Å². The topological polar surface area (TPSA) is 70.6 Å². The second kappa shape index (κ2) is 7.63. The van der Waals surface area contributed by atoms with Crippen molar-refractivity contribution in [1.82, 2.24) is 5.32 Å². The van der Waals surface area contributed by atoms with Gasteiger partial charge in [-0.3, -0.25) is 0 Å². The Morgan fingerprint density at radius 2 is 2.16 bits per heavy atom. The summed E-state index contributed by atoms with van der Waals surface area (Å²) < 4.78 is 5.07. The minimum atomic E-state index is -0.518.